The highest BCUT2D eigenvalue weighted by atomic mass is 14.4. The Labute approximate surface area is 88.4 Å². The summed E-state index contributed by atoms with van der Waals surface area (Å²) in [4.78, 5) is 0. The lowest BCUT2D eigenvalue weighted by Gasteiger charge is -2.39. The lowest BCUT2D eigenvalue weighted by Crippen LogP contribution is -2.28. The molecular formula is C14H22. The minimum Gasteiger partial charge on any atom is -0.0952 e. The van der Waals surface area contributed by atoms with E-state index in [1.165, 1.54) is 24.0 Å². The van der Waals surface area contributed by atoms with E-state index >= 15 is 0 Å². The predicted octanol–water partition coefficient (Wildman–Crippen LogP) is 4.50. The fourth-order valence-corrected chi connectivity index (χ4v) is 2.65. The third-order valence-electron chi connectivity index (χ3n) is 3.24. The molecule has 0 spiro atoms. The molecule has 0 bridgehead atoms. The molecule has 0 saturated carbocycles. The largest absolute Gasteiger partial charge is 0.0952 e. The standard InChI is InChI=1S/C14H22/c1-6-8-11(2)13-12(3)9-7-10-14(13,4)5/h6,8-9,13H,2,7,10H2,1,3-5H3. The van der Waals surface area contributed by atoms with Gasteiger partial charge in [-0.1, -0.05) is 44.2 Å². The van der Waals surface area contributed by atoms with Gasteiger partial charge in [0.2, 0.25) is 0 Å². The molecule has 0 aromatic heterocycles. The summed E-state index contributed by atoms with van der Waals surface area (Å²) < 4.78 is 0. The van der Waals surface area contributed by atoms with Crippen molar-refractivity contribution in [2.24, 2.45) is 11.3 Å². The molecule has 0 heterocycles. The molecule has 0 fully saturated rings. The third kappa shape index (κ3) is 2.17. The maximum absolute atomic E-state index is 4.19. The summed E-state index contributed by atoms with van der Waals surface area (Å²) in [7, 11) is 0. The van der Waals surface area contributed by atoms with Gasteiger partial charge in [-0.2, -0.15) is 0 Å². The van der Waals surface area contributed by atoms with Gasteiger partial charge in [-0.15, -0.1) is 0 Å². The van der Waals surface area contributed by atoms with Crippen LogP contribution in [-0.4, -0.2) is 0 Å². The second kappa shape index (κ2) is 4.16. The van der Waals surface area contributed by atoms with Crippen LogP contribution in [0.1, 0.15) is 40.5 Å². The monoisotopic (exact) mass is 190 g/mol. The highest BCUT2D eigenvalue weighted by Crippen LogP contribution is 2.44. The fourth-order valence-electron chi connectivity index (χ4n) is 2.65. The van der Waals surface area contributed by atoms with E-state index in [2.05, 4.69) is 52.5 Å². The second-order valence-corrected chi connectivity index (χ2v) is 4.98. The molecule has 0 heteroatoms. The van der Waals surface area contributed by atoms with Crippen molar-refractivity contribution in [1.29, 1.82) is 0 Å². The van der Waals surface area contributed by atoms with Gasteiger partial charge < -0.3 is 0 Å². The molecule has 0 aromatic carbocycles. The molecule has 78 valence electrons. The van der Waals surface area contributed by atoms with Gasteiger partial charge in [0.05, 0.1) is 0 Å². The lowest BCUT2D eigenvalue weighted by molar-refractivity contribution is 0.249. The topological polar surface area (TPSA) is 0 Å². The van der Waals surface area contributed by atoms with Crippen LogP contribution in [0.5, 0.6) is 0 Å². The molecule has 0 saturated heterocycles. The summed E-state index contributed by atoms with van der Waals surface area (Å²) in [6.07, 6.45) is 9.09. The zero-order valence-corrected chi connectivity index (χ0v) is 9.93. The van der Waals surface area contributed by atoms with Crippen LogP contribution < -0.4 is 0 Å². The average molecular weight is 190 g/mol. The summed E-state index contributed by atoms with van der Waals surface area (Å²) in [6.45, 7) is 13.2. The van der Waals surface area contributed by atoms with Crippen LogP contribution in [0.2, 0.25) is 0 Å². The predicted molar refractivity (Wildman–Crippen MR) is 64.2 cm³/mol. The van der Waals surface area contributed by atoms with Gasteiger partial charge in [-0.05, 0) is 37.7 Å². The number of rotatable bonds is 2. The Morgan fingerprint density at radius 3 is 2.71 bits per heavy atom. The first-order valence-electron chi connectivity index (χ1n) is 5.47. The van der Waals surface area contributed by atoms with Crippen LogP contribution in [0.3, 0.4) is 0 Å². The Hall–Kier alpha value is -0.780. The molecule has 0 aliphatic heterocycles. The van der Waals surface area contributed by atoms with Crippen molar-refractivity contribution in [3.05, 3.63) is 36.0 Å². The van der Waals surface area contributed by atoms with Crippen LogP contribution in [0, 0.1) is 11.3 Å². The maximum atomic E-state index is 4.19. The van der Waals surface area contributed by atoms with Crippen molar-refractivity contribution in [2.75, 3.05) is 0 Å². The van der Waals surface area contributed by atoms with E-state index in [0.29, 0.717) is 11.3 Å². The van der Waals surface area contributed by atoms with Crippen LogP contribution in [0.25, 0.3) is 0 Å². The van der Waals surface area contributed by atoms with Crippen molar-refractivity contribution in [2.45, 2.75) is 40.5 Å². The average Bonchev–Trinajstić information content (AvgIpc) is 2.02. The van der Waals surface area contributed by atoms with Gasteiger partial charge in [-0.25, -0.2) is 0 Å². The third-order valence-corrected chi connectivity index (χ3v) is 3.24. The van der Waals surface area contributed by atoms with E-state index in [9.17, 15) is 0 Å². The van der Waals surface area contributed by atoms with Gasteiger partial charge in [0, 0.05) is 5.92 Å². The van der Waals surface area contributed by atoms with Crippen molar-refractivity contribution in [1.82, 2.24) is 0 Å². The fraction of sp³-hybridized carbons (Fsp3) is 0.571. The number of hydrogen-bond donors (Lipinski definition) is 0. The first-order chi connectivity index (χ1) is 6.49. The normalized spacial score (nSPS) is 26.3. The molecule has 1 aliphatic rings. The SMILES string of the molecule is C=C(C=CC)C1C(C)=CCCC1(C)C. The van der Waals surface area contributed by atoms with Gasteiger partial charge in [0.25, 0.3) is 0 Å². The summed E-state index contributed by atoms with van der Waals surface area (Å²) in [5.41, 5.74) is 3.12. The molecule has 14 heavy (non-hydrogen) atoms. The summed E-state index contributed by atoms with van der Waals surface area (Å²) >= 11 is 0. The Morgan fingerprint density at radius 1 is 1.57 bits per heavy atom. The molecule has 0 amide bonds. The molecule has 1 aliphatic carbocycles. The second-order valence-electron chi connectivity index (χ2n) is 4.98. The van der Waals surface area contributed by atoms with Crippen LogP contribution >= 0.6 is 0 Å². The minimum absolute atomic E-state index is 0.370. The summed E-state index contributed by atoms with van der Waals surface area (Å²) in [6, 6.07) is 0. The Bertz CT molecular complexity index is 276. The highest BCUT2D eigenvalue weighted by molar-refractivity contribution is 5.30. The van der Waals surface area contributed by atoms with Gasteiger partial charge in [0.15, 0.2) is 0 Å². The summed E-state index contributed by atoms with van der Waals surface area (Å²) in [5.74, 6) is 0.535. The number of hydrogen-bond acceptors (Lipinski definition) is 0. The minimum atomic E-state index is 0.370. The molecular weight excluding hydrogens is 168 g/mol. The Kier molecular flexibility index (Phi) is 3.36. The van der Waals surface area contributed by atoms with Gasteiger partial charge in [0.1, 0.15) is 0 Å². The quantitative estimate of drug-likeness (QED) is 0.444. The molecule has 1 unspecified atom stereocenters. The lowest BCUT2D eigenvalue weighted by atomic mass is 9.66. The van der Waals surface area contributed by atoms with Crippen LogP contribution in [0.4, 0.5) is 0 Å². The van der Waals surface area contributed by atoms with E-state index in [-0.39, 0.29) is 0 Å². The van der Waals surface area contributed by atoms with Crippen LogP contribution in [-0.2, 0) is 0 Å². The van der Waals surface area contributed by atoms with E-state index in [1.807, 2.05) is 0 Å². The van der Waals surface area contributed by atoms with E-state index in [1.54, 1.807) is 0 Å². The van der Waals surface area contributed by atoms with E-state index < -0.39 is 0 Å². The molecule has 0 nitrogen and oxygen atoms in total. The molecule has 0 radical (unpaired) electrons. The molecule has 0 aromatic rings. The zero-order valence-electron chi connectivity index (χ0n) is 9.93. The van der Waals surface area contributed by atoms with Gasteiger partial charge >= 0.3 is 0 Å². The van der Waals surface area contributed by atoms with Crippen molar-refractivity contribution >= 4 is 0 Å². The zero-order chi connectivity index (χ0) is 10.8. The highest BCUT2D eigenvalue weighted by Gasteiger charge is 2.33. The first kappa shape index (κ1) is 11.3. The van der Waals surface area contributed by atoms with Crippen molar-refractivity contribution in [3.63, 3.8) is 0 Å². The first-order valence-corrected chi connectivity index (χ1v) is 5.47. The van der Waals surface area contributed by atoms with E-state index in [0.717, 1.165) is 0 Å². The number of allylic oxidation sites excluding steroid dienone is 5. The van der Waals surface area contributed by atoms with Crippen LogP contribution in [0.15, 0.2) is 36.0 Å². The Balaban J connectivity index is 2.97. The van der Waals surface area contributed by atoms with E-state index in [4.69, 9.17) is 0 Å². The van der Waals surface area contributed by atoms with Crippen molar-refractivity contribution < 1.29 is 0 Å². The molecule has 1 atom stereocenters. The van der Waals surface area contributed by atoms with Crippen molar-refractivity contribution in [3.8, 4) is 0 Å². The summed E-state index contributed by atoms with van der Waals surface area (Å²) in [5, 5.41) is 0. The molecule has 1 rings (SSSR count). The Morgan fingerprint density at radius 2 is 2.21 bits per heavy atom. The smallest absolute Gasteiger partial charge is 0.00907 e. The van der Waals surface area contributed by atoms with Gasteiger partial charge in [-0.3, -0.25) is 0 Å². The molecule has 0 N–H and O–H groups in total. The maximum Gasteiger partial charge on any atom is 0.00907 e.